The number of hydrogen-bond acceptors (Lipinski definition) is 6. The summed E-state index contributed by atoms with van der Waals surface area (Å²) in [6, 6.07) is 9.63. The van der Waals surface area contributed by atoms with Crippen LogP contribution in [0.5, 0.6) is 5.75 Å². The molecule has 1 atom stereocenters. The molecule has 0 bridgehead atoms. The summed E-state index contributed by atoms with van der Waals surface area (Å²) in [4.78, 5) is 38.2. The number of urea groups is 1. The summed E-state index contributed by atoms with van der Waals surface area (Å²) in [5.74, 6) is -0.0789. The number of rotatable bonds is 3. The highest BCUT2D eigenvalue weighted by molar-refractivity contribution is 6.07. The van der Waals surface area contributed by atoms with Crippen LogP contribution in [-0.2, 0) is 21.6 Å². The van der Waals surface area contributed by atoms with Gasteiger partial charge in [-0.2, -0.15) is 0 Å². The SMILES string of the molecule is COC(=O)c1ccc(CN2C(=O)N[C@]3(CCOc4ccccc43)C2=O)o1. The molecule has 0 unspecified atom stereocenters. The summed E-state index contributed by atoms with van der Waals surface area (Å²) < 4.78 is 15.5. The maximum Gasteiger partial charge on any atom is 0.373 e. The molecule has 26 heavy (non-hydrogen) atoms. The zero-order valence-corrected chi connectivity index (χ0v) is 14.0. The highest BCUT2D eigenvalue weighted by Crippen LogP contribution is 2.41. The Morgan fingerprint density at radius 2 is 2.08 bits per heavy atom. The molecule has 1 aromatic heterocycles. The summed E-state index contributed by atoms with van der Waals surface area (Å²) in [5, 5.41) is 2.81. The second kappa shape index (κ2) is 5.91. The van der Waals surface area contributed by atoms with E-state index in [0.717, 1.165) is 4.90 Å². The lowest BCUT2D eigenvalue weighted by Gasteiger charge is -2.33. The first kappa shape index (κ1) is 16.2. The molecular formula is C18H16N2O6. The molecule has 8 heteroatoms. The van der Waals surface area contributed by atoms with Crippen LogP contribution in [0.15, 0.2) is 40.8 Å². The molecule has 1 fully saturated rings. The summed E-state index contributed by atoms with van der Waals surface area (Å²) in [7, 11) is 1.24. The van der Waals surface area contributed by atoms with Crippen molar-refractivity contribution in [1.82, 2.24) is 10.2 Å². The summed E-state index contributed by atoms with van der Waals surface area (Å²) in [5.41, 5.74) is -0.495. The molecule has 3 amide bonds. The van der Waals surface area contributed by atoms with Crippen LogP contribution >= 0.6 is 0 Å². The van der Waals surface area contributed by atoms with Gasteiger partial charge in [0.15, 0.2) is 5.54 Å². The third-order valence-electron chi connectivity index (χ3n) is 4.62. The normalized spacial score (nSPS) is 21.3. The molecule has 2 aliphatic heterocycles. The number of fused-ring (bicyclic) bond motifs is 2. The van der Waals surface area contributed by atoms with Gasteiger partial charge in [-0.25, -0.2) is 9.59 Å². The molecule has 3 heterocycles. The first-order valence-corrected chi connectivity index (χ1v) is 8.08. The zero-order chi connectivity index (χ0) is 18.3. The number of hydrogen-bond donors (Lipinski definition) is 1. The van der Waals surface area contributed by atoms with Crippen LogP contribution in [0.3, 0.4) is 0 Å². The quantitative estimate of drug-likeness (QED) is 0.665. The number of amides is 3. The predicted octanol–water partition coefficient (Wildman–Crippen LogP) is 1.80. The van der Waals surface area contributed by atoms with E-state index in [1.807, 2.05) is 6.07 Å². The Kier molecular flexibility index (Phi) is 3.68. The molecular weight excluding hydrogens is 340 g/mol. The number of nitrogens with one attached hydrogen (secondary N) is 1. The molecule has 8 nitrogen and oxygen atoms in total. The van der Waals surface area contributed by atoms with Crippen LogP contribution < -0.4 is 10.1 Å². The van der Waals surface area contributed by atoms with E-state index in [1.165, 1.54) is 19.2 Å². The van der Waals surface area contributed by atoms with E-state index in [-0.39, 0.29) is 18.2 Å². The zero-order valence-electron chi connectivity index (χ0n) is 14.0. The molecule has 1 spiro atoms. The van der Waals surface area contributed by atoms with Crippen LogP contribution in [0.25, 0.3) is 0 Å². The standard InChI is InChI=1S/C18H16N2O6/c1-24-15(21)14-7-6-11(26-14)10-20-16(22)18(19-17(20)23)8-9-25-13-5-3-2-4-12(13)18/h2-7H,8-10H2,1H3,(H,19,23)/t18-/m0/s1. The van der Waals surface area contributed by atoms with Crippen molar-refractivity contribution in [2.24, 2.45) is 0 Å². The lowest BCUT2D eigenvalue weighted by Crippen LogP contribution is -2.47. The minimum atomic E-state index is -1.14. The molecule has 0 radical (unpaired) electrons. The van der Waals surface area contributed by atoms with E-state index < -0.39 is 17.5 Å². The Hall–Kier alpha value is -3.29. The number of furan rings is 1. The predicted molar refractivity (Wildman–Crippen MR) is 87.4 cm³/mol. The summed E-state index contributed by atoms with van der Waals surface area (Å²) in [6.45, 7) is 0.247. The molecule has 1 saturated heterocycles. The maximum absolute atomic E-state index is 13.1. The summed E-state index contributed by atoms with van der Waals surface area (Å²) >= 11 is 0. The lowest BCUT2D eigenvalue weighted by molar-refractivity contribution is -0.133. The molecule has 1 aromatic carbocycles. The van der Waals surface area contributed by atoms with Crippen LogP contribution in [0, 0.1) is 0 Å². The Labute approximate surface area is 148 Å². The topological polar surface area (TPSA) is 98.1 Å². The molecule has 2 aliphatic rings. The third kappa shape index (κ3) is 2.33. The number of carbonyl (C=O) groups is 3. The van der Waals surface area contributed by atoms with Gasteiger partial charge in [0.1, 0.15) is 11.5 Å². The molecule has 0 aliphatic carbocycles. The van der Waals surface area contributed by atoms with Crippen LogP contribution in [0.1, 0.15) is 28.3 Å². The minimum Gasteiger partial charge on any atom is -0.493 e. The van der Waals surface area contributed by atoms with Gasteiger partial charge in [-0.05, 0) is 18.2 Å². The van der Waals surface area contributed by atoms with E-state index in [0.29, 0.717) is 30.1 Å². The van der Waals surface area contributed by atoms with Crippen molar-refractivity contribution < 1.29 is 28.3 Å². The van der Waals surface area contributed by atoms with E-state index in [9.17, 15) is 14.4 Å². The molecule has 2 aromatic rings. The smallest absolute Gasteiger partial charge is 0.373 e. The number of ether oxygens (including phenoxy) is 2. The lowest BCUT2D eigenvalue weighted by atomic mass is 9.84. The Morgan fingerprint density at radius 1 is 1.27 bits per heavy atom. The van der Waals surface area contributed by atoms with E-state index in [2.05, 4.69) is 10.1 Å². The van der Waals surface area contributed by atoms with Gasteiger partial charge < -0.3 is 19.2 Å². The third-order valence-corrected chi connectivity index (χ3v) is 4.62. The fraction of sp³-hybridized carbons (Fsp3) is 0.278. The van der Waals surface area contributed by atoms with Crippen molar-refractivity contribution >= 4 is 17.9 Å². The van der Waals surface area contributed by atoms with Gasteiger partial charge >= 0.3 is 12.0 Å². The number of imide groups is 1. The fourth-order valence-electron chi connectivity index (χ4n) is 3.34. The number of nitrogens with zero attached hydrogens (tertiary/aromatic N) is 1. The molecule has 1 N–H and O–H groups in total. The molecule has 0 saturated carbocycles. The Balaban J connectivity index is 1.63. The number of carbonyl (C=O) groups excluding carboxylic acids is 3. The van der Waals surface area contributed by atoms with Gasteiger partial charge in [-0.15, -0.1) is 0 Å². The largest absolute Gasteiger partial charge is 0.493 e. The van der Waals surface area contributed by atoms with Crippen molar-refractivity contribution in [1.29, 1.82) is 0 Å². The van der Waals surface area contributed by atoms with Gasteiger partial charge in [0.05, 0.1) is 20.3 Å². The average molecular weight is 356 g/mol. The van der Waals surface area contributed by atoms with Crippen molar-refractivity contribution in [3.8, 4) is 5.75 Å². The highest BCUT2D eigenvalue weighted by Gasteiger charge is 2.54. The first-order chi connectivity index (χ1) is 12.5. The maximum atomic E-state index is 13.1. The second-order valence-electron chi connectivity index (χ2n) is 6.08. The Morgan fingerprint density at radius 3 is 2.88 bits per heavy atom. The monoisotopic (exact) mass is 356 g/mol. The fourth-order valence-corrected chi connectivity index (χ4v) is 3.34. The molecule has 134 valence electrons. The van der Waals surface area contributed by atoms with E-state index in [1.54, 1.807) is 18.2 Å². The van der Waals surface area contributed by atoms with Crippen LogP contribution in [-0.4, -0.2) is 36.5 Å². The average Bonchev–Trinajstić information content (AvgIpc) is 3.21. The van der Waals surface area contributed by atoms with Gasteiger partial charge in [0, 0.05) is 12.0 Å². The van der Waals surface area contributed by atoms with Crippen molar-refractivity contribution in [2.75, 3.05) is 13.7 Å². The first-order valence-electron chi connectivity index (χ1n) is 8.08. The Bertz CT molecular complexity index is 905. The molecule has 4 rings (SSSR count). The minimum absolute atomic E-state index is 0.0145. The van der Waals surface area contributed by atoms with Gasteiger partial charge in [-0.1, -0.05) is 18.2 Å². The van der Waals surface area contributed by atoms with Gasteiger partial charge in [-0.3, -0.25) is 9.69 Å². The number of benzene rings is 1. The van der Waals surface area contributed by atoms with Gasteiger partial charge in [0.2, 0.25) is 5.76 Å². The van der Waals surface area contributed by atoms with Crippen LogP contribution in [0.4, 0.5) is 4.79 Å². The number of methoxy groups -OCH3 is 1. The number of esters is 1. The van der Waals surface area contributed by atoms with Crippen molar-refractivity contribution in [2.45, 2.75) is 18.5 Å². The number of para-hydroxylation sites is 1. The second-order valence-corrected chi connectivity index (χ2v) is 6.08. The van der Waals surface area contributed by atoms with E-state index >= 15 is 0 Å². The summed E-state index contributed by atoms with van der Waals surface area (Å²) in [6.07, 6.45) is 0.344. The highest BCUT2D eigenvalue weighted by atomic mass is 16.5. The van der Waals surface area contributed by atoms with Crippen molar-refractivity contribution in [3.05, 3.63) is 53.5 Å². The van der Waals surface area contributed by atoms with Crippen LogP contribution in [0.2, 0.25) is 0 Å². The van der Waals surface area contributed by atoms with E-state index in [4.69, 9.17) is 9.15 Å². The van der Waals surface area contributed by atoms with Crippen molar-refractivity contribution in [3.63, 3.8) is 0 Å². The van der Waals surface area contributed by atoms with Gasteiger partial charge in [0.25, 0.3) is 5.91 Å².